The number of rotatable bonds is 5. The number of carbonyl (C=O) groups is 1. The number of para-hydroxylation sites is 2. The van der Waals surface area contributed by atoms with Crippen molar-refractivity contribution < 1.29 is 13.9 Å². The number of aromatic nitrogens is 3. The molecule has 0 bridgehead atoms. The first-order valence-corrected chi connectivity index (χ1v) is 11.0. The number of furan rings is 1. The first-order valence-electron chi connectivity index (χ1n) is 10.7. The number of nitrogens with one attached hydrogen (secondary N) is 2. The molecule has 3 heterocycles. The summed E-state index contributed by atoms with van der Waals surface area (Å²) in [6.07, 6.45) is 0. The number of benzene rings is 2. The molecule has 0 aliphatic carbocycles. The van der Waals surface area contributed by atoms with Gasteiger partial charge in [-0.25, -0.2) is 4.68 Å². The molecule has 9 heteroatoms. The third kappa shape index (κ3) is 3.82. The highest BCUT2D eigenvalue weighted by molar-refractivity contribution is 6.33. The van der Waals surface area contributed by atoms with Crippen molar-refractivity contribution in [3.63, 3.8) is 0 Å². The Kier molecular flexibility index (Phi) is 5.59. The molecule has 1 unspecified atom stereocenters. The molecular formula is C25H22ClN5O3. The van der Waals surface area contributed by atoms with E-state index in [9.17, 15) is 4.79 Å². The lowest BCUT2D eigenvalue weighted by Crippen LogP contribution is -2.31. The van der Waals surface area contributed by atoms with Crippen LogP contribution in [-0.4, -0.2) is 27.8 Å². The predicted octanol–water partition coefficient (Wildman–Crippen LogP) is 5.44. The molecule has 0 radical (unpaired) electrons. The topological polar surface area (TPSA) is 94.2 Å². The fourth-order valence-corrected chi connectivity index (χ4v) is 4.22. The van der Waals surface area contributed by atoms with Crippen molar-refractivity contribution >= 4 is 29.1 Å². The highest BCUT2D eigenvalue weighted by atomic mass is 35.5. The number of halogens is 1. The highest BCUT2D eigenvalue weighted by Gasteiger charge is 2.36. The van der Waals surface area contributed by atoms with E-state index in [0.29, 0.717) is 50.8 Å². The fraction of sp³-hybridized carbons (Fsp3) is 0.160. The maximum Gasteiger partial charge on any atom is 0.256 e. The van der Waals surface area contributed by atoms with Crippen molar-refractivity contribution in [3.8, 4) is 17.1 Å². The SMILES string of the molecule is COc1ccccc1NC(=O)C1=C(C)Nc2nc(-c3ccccc3Cl)nn2C1c1ccc(C)o1. The largest absolute Gasteiger partial charge is 0.495 e. The maximum absolute atomic E-state index is 13.6. The molecule has 2 aromatic carbocycles. The van der Waals surface area contributed by atoms with Crippen LogP contribution < -0.4 is 15.4 Å². The number of allylic oxidation sites excluding steroid dienone is 1. The summed E-state index contributed by atoms with van der Waals surface area (Å²) >= 11 is 6.39. The van der Waals surface area contributed by atoms with E-state index in [-0.39, 0.29) is 5.91 Å². The number of aryl methyl sites for hydroxylation is 1. The van der Waals surface area contributed by atoms with Crippen LogP contribution in [0.1, 0.15) is 24.5 Å². The minimum atomic E-state index is -0.636. The summed E-state index contributed by atoms with van der Waals surface area (Å²) in [5.74, 6) is 2.48. The van der Waals surface area contributed by atoms with Gasteiger partial charge in [-0.15, -0.1) is 5.10 Å². The summed E-state index contributed by atoms with van der Waals surface area (Å²) < 4.78 is 13.0. The van der Waals surface area contributed by atoms with E-state index >= 15 is 0 Å². The summed E-state index contributed by atoms with van der Waals surface area (Å²) in [5.41, 5.74) is 2.34. The van der Waals surface area contributed by atoms with Crippen molar-refractivity contribution in [2.45, 2.75) is 19.9 Å². The fourth-order valence-electron chi connectivity index (χ4n) is 4.00. The van der Waals surface area contributed by atoms with E-state index < -0.39 is 6.04 Å². The van der Waals surface area contributed by atoms with Gasteiger partial charge in [0.05, 0.1) is 23.4 Å². The van der Waals surface area contributed by atoms with Gasteiger partial charge in [0.15, 0.2) is 5.82 Å². The second kappa shape index (κ2) is 8.72. The number of carbonyl (C=O) groups excluding carboxylic acids is 1. The minimum absolute atomic E-state index is 0.311. The first-order chi connectivity index (χ1) is 16.5. The first kappa shape index (κ1) is 21.8. The maximum atomic E-state index is 13.6. The second-order valence-electron chi connectivity index (χ2n) is 7.85. The van der Waals surface area contributed by atoms with Crippen LogP contribution in [0.5, 0.6) is 5.75 Å². The van der Waals surface area contributed by atoms with Crippen LogP contribution >= 0.6 is 11.6 Å². The van der Waals surface area contributed by atoms with Crippen molar-refractivity contribution in [1.29, 1.82) is 0 Å². The number of fused-ring (bicyclic) bond motifs is 1. The molecule has 172 valence electrons. The quantitative estimate of drug-likeness (QED) is 0.399. The molecule has 0 spiro atoms. The Labute approximate surface area is 201 Å². The molecule has 1 amide bonds. The van der Waals surface area contributed by atoms with E-state index in [1.807, 2.05) is 56.3 Å². The molecule has 1 aliphatic rings. The lowest BCUT2D eigenvalue weighted by Gasteiger charge is -2.27. The van der Waals surface area contributed by atoms with Gasteiger partial charge in [-0.3, -0.25) is 4.79 Å². The van der Waals surface area contributed by atoms with Gasteiger partial charge in [0.1, 0.15) is 23.3 Å². The number of hydrogen-bond donors (Lipinski definition) is 2. The highest BCUT2D eigenvalue weighted by Crippen LogP contribution is 2.38. The van der Waals surface area contributed by atoms with Gasteiger partial charge in [0.2, 0.25) is 5.95 Å². The number of methoxy groups -OCH3 is 1. The summed E-state index contributed by atoms with van der Waals surface area (Å²) in [6.45, 7) is 3.68. The average Bonchev–Trinajstić information content (AvgIpc) is 3.44. The second-order valence-corrected chi connectivity index (χ2v) is 8.26. The van der Waals surface area contributed by atoms with Crippen molar-refractivity contribution in [3.05, 3.63) is 88.5 Å². The number of ether oxygens (including phenoxy) is 1. The van der Waals surface area contributed by atoms with Gasteiger partial charge in [0.25, 0.3) is 5.91 Å². The third-order valence-electron chi connectivity index (χ3n) is 5.60. The molecule has 0 saturated carbocycles. The Hall–Kier alpha value is -4.04. The lowest BCUT2D eigenvalue weighted by atomic mass is 10.00. The zero-order valence-electron chi connectivity index (χ0n) is 18.8. The Morgan fingerprint density at radius 3 is 2.62 bits per heavy atom. The molecule has 0 saturated heterocycles. The van der Waals surface area contributed by atoms with Gasteiger partial charge in [0, 0.05) is 11.3 Å². The summed E-state index contributed by atoms with van der Waals surface area (Å²) in [5, 5.41) is 11.4. The summed E-state index contributed by atoms with van der Waals surface area (Å²) in [7, 11) is 1.56. The molecule has 1 atom stereocenters. The van der Waals surface area contributed by atoms with Gasteiger partial charge in [-0.1, -0.05) is 35.9 Å². The van der Waals surface area contributed by atoms with E-state index in [1.165, 1.54) is 0 Å². The van der Waals surface area contributed by atoms with E-state index in [0.717, 1.165) is 5.76 Å². The van der Waals surface area contributed by atoms with Crippen molar-refractivity contribution in [2.24, 2.45) is 0 Å². The molecule has 2 N–H and O–H groups in total. The van der Waals surface area contributed by atoms with E-state index in [4.69, 9.17) is 25.9 Å². The van der Waals surface area contributed by atoms with Crippen LogP contribution in [0.2, 0.25) is 5.02 Å². The van der Waals surface area contributed by atoms with Crippen LogP contribution in [-0.2, 0) is 4.79 Å². The smallest absolute Gasteiger partial charge is 0.256 e. The van der Waals surface area contributed by atoms with Crippen LogP contribution in [0.25, 0.3) is 11.4 Å². The Balaban J connectivity index is 1.60. The Morgan fingerprint density at radius 1 is 1.12 bits per heavy atom. The van der Waals surface area contributed by atoms with Crippen molar-refractivity contribution in [2.75, 3.05) is 17.7 Å². The van der Waals surface area contributed by atoms with Crippen LogP contribution in [0.15, 0.2) is 76.4 Å². The number of anilines is 2. The standard InChI is InChI=1S/C25H22ClN5O3/c1-14-12-13-20(34-14)22-21(24(32)28-18-10-6-7-11-19(18)33-3)15(2)27-25-29-23(30-31(22)25)16-8-4-5-9-17(16)26/h4-13,22H,1-3H3,(H,28,32)(H,27,29,30). The van der Waals surface area contributed by atoms with Gasteiger partial charge in [-0.2, -0.15) is 4.98 Å². The number of nitrogens with zero attached hydrogens (tertiary/aromatic N) is 3. The van der Waals surface area contributed by atoms with Gasteiger partial charge in [-0.05, 0) is 50.2 Å². The van der Waals surface area contributed by atoms with E-state index in [2.05, 4.69) is 15.6 Å². The molecular weight excluding hydrogens is 454 g/mol. The van der Waals surface area contributed by atoms with Gasteiger partial charge >= 0.3 is 0 Å². The normalized spacial score (nSPS) is 15.0. The molecule has 34 heavy (non-hydrogen) atoms. The van der Waals surface area contributed by atoms with E-state index in [1.54, 1.807) is 30.0 Å². The Bertz CT molecular complexity index is 1420. The molecule has 4 aromatic rings. The molecule has 0 fully saturated rings. The average molecular weight is 476 g/mol. The predicted molar refractivity (Wildman–Crippen MR) is 130 cm³/mol. The zero-order valence-corrected chi connectivity index (χ0v) is 19.6. The number of hydrogen-bond acceptors (Lipinski definition) is 6. The molecule has 5 rings (SSSR count). The van der Waals surface area contributed by atoms with Crippen LogP contribution in [0, 0.1) is 6.92 Å². The third-order valence-corrected chi connectivity index (χ3v) is 5.93. The van der Waals surface area contributed by atoms with Gasteiger partial charge < -0.3 is 19.8 Å². The number of amides is 1. The summed E-state index contributed by atoms with van der Waals surface area (Å²) in [4.78, 5) is 18.2. The monoisotopic (exact) mass is 475 g/mol. The molecule has 1 aliphatic heterocycles. The van der Waals surface area contributed by atoms with Crippen LogP contribution in [0.4, 0.5) is 11.6 Å². The zero-order chi connectivity index (χ0) is 23.8. The summed E-state index contributed by atoms with van der Waals surface area (Å²) in [6, 6.07) is 17.7. The lowest BCUT2D eigenvalue weighted by molar-refractivity contribution is -0.113. The van der Waals surface area contributed by atoms with Crippen LogP contribution in [0.3, 0.4) is 0 Å². The minimum Gasteiger partial charge on any atom is -0.495 e. The van der Waals surface area contributed by atoms with Crippen molar-refractivity contribution in [1.82, 2.24) is 14.8 Å². The Morgan fingerprint density at radius 2 is 1.88 bits per heavy atom. The molecule has 2 aromatic heterocycles. The molecule has 8 nitrogen and oxygen atoms in total.